The number of nitrogens with zero attached hydrogens (tertiary/aromatic N) is 6. The number of hydrogen-bond donors (Lipinski definition) is 7. The number of carbonyl (C=O) groups is 7. The molecule has 9 N–H and O–H groups in total. The van der Waals surface area contributed by atoms with Crippen molar-refractivity contribution in [2.75, 3.05) is 66.8 Å². The molecule has 7 atom stereocenters. The highest BCUT2D eigenvalue weighted by Crippen LogP contribution is 2.40. The fourth-order valence-electron chi connectivity index (χ4n) is 11.8. The van der Waals surface area contributed by atoms with Gasteiger partial charge in [0.25, 0.3) is 0 Å². The van der Waals surface area contributed by atoms with Crippen molar-refractivity contribution in [1.82, 2.24) is 9.80 Å². The Balaban J connectivity index is 0.000000156. The molecule has 3 aliphatic heterocycles. The fourth-order valence-corrected chi connectivity index (χ4v) is 11.8. The zero-order chi connectivity index (χ0) is 67.4. The van der Waals surface area contributed by atoms with Crippen LogP contribution >= 0.6 is 0 Å². The van der Waals surface area contributed by atoms with Crippen LogP contribution in [0.1, 0.15) is 74.5 Å². The number of aliphatic hydroxyl groups excluding tert-OH is 2. The Kier molecular flexibility index (Phi) is 21.5. The highest BCUT2D eigenvalue weighted by molar-refractivity contribution is 6.00. The van der Waals surface area contributed by atoms with E-state index in [1.165, 1.54) is 9.80 Å². The summed E-state index contributed by atoms with van der Waals surface area (Å²) in [5.41, 5.74) is 19.4. The third kappa shape index (κ3) is 16.9. The summed E-state index contributed by atoms with van der Waals surface area (Å²) in [5, 5.41) is 55.5. The minimum Gasteiger partial charge on any atom is -0.486 e. The summed E-state index contributed by atoms with van der Waals surface area (Å²) in [7, 11) is 0. The second-order valence-electron chi connectivity index (χ2n) is 24.3. The normalized spacial score (nSPS) is 20.9. The first-order valence-electron chi connectivity index (χ1n) is 31.5. The minimum absolute atomic E-state index is 0.0242. The first-order chi connectivity index (χ1) is 45.8. The van der Waals surface area contributed by atoms with E-state index >= 15 is 0 Å². The van der Waals surface area contributed by atoms with Gasteiger partial charge in [-0.2, -0.15) is 15.8 Å². The average Bonchev–Trinajstić information content (AvgIpc) is 1.78. The summed E-state index contributed by atoms with van der Waals surface area (Å²) < 4.78 is 40.7. The van der Waals surface area contributed by atoms with Crippen LogP contribution in [0.2, 0.25) is 0 Å². The smallest absolute Gasteiger partial charge is 0.248 e. The molecule has 3 heterocycles. The first-order valence-corrected chi connectivity index (χ1v) is 31.5. The zero-order valence-electron chi connectivity index (χ0n) is 51.8. The number of hydrogen-bond acceptors (Lipinski definition) is 15. The van der Waals surface area contributed by atoms with Crippen molar-refractivity contribution in [1.29, 1.82) is 15.8 Å². The van der Waals surface area contributed by atoms with Crippen molar-refractivity contribution >= 4 is 64.1 Å². The van der Waals surface area contributed by atoms with Gasteiger partial charge in [0.05, 0.1) is 47.3 Å². The van der Waals surface area contributed by atoms with Crippen molar-refractivity contribution in [3.8, 4) is 63.1 Å². The standard InChI is InChI=1S/C25H25FN4O5.C24H24FN3O4.C22H22N4O2/c26-20-12-30(23(32)13-31)7-6-22(20)35-21-5-4-15(8-16(21)11-27)14-2-1-3-17(9-14)29-25(34)19-10-18(19)24(28)33;25-20-13-28(23(30)14-29)9-8-22(20)32-21-7-6-17(10-18(21)12-26)16-2-1-3-19(11-16)27-24(31)15-4-5-15;23-13-17-11-16(8-9-19(17)26-10-2-5-20(26)21(24)27)15-3-1-4-18(12-15)25-22(28)14-6-7-14/h1-5,8-9,18-20,22,31H,6-7,10,12-13H2,(H2,28,33)(H,29,34);1-3,6-7,10-11,15,20,22,29H,4-5,8-9,13-14H2,(H,27,31);1,3-4,8-9,11-12,14,20H,2,5-7,10H2,(H2,24,27)(H,25,28)/t18-,19+,20+,22-;20-,22+;20-/m011/s1. The number of likely N-dealkylation sites (tertiary alicyclic amines) is 2. The van der Waals surface area contributed by atoms with Gasteiger partial charge in [0.15, 0.2) is 12.3 Å². The second-order valence-corrected chi connectivity index (χ2v) is 24.3. The van der Waals surface area contributed by atoms with Gasteiger partial charge in [-0.25, -0.2) is 8.78 Å². The Morgan fingerprint density at radius 2 is 0.905 bits per heavy atom. The van der Waals surface area contributed by atoms with Crippen LogP contribution in [0, 0.1) is 57.7 Å². The number of carbonyl (C=O) groups excluding carboxylic acids is 7. The predicted molar refractivity (Wildman–Crippen MR) is 347 cm³/mol. The van der Waals surface area contributed by atoms with Crippen LogP contribution in [-0.2, 0) is 33.6 Å². The number of anilines is 4. The highest BCUT2D eigenvalue weighted by Gasteiger charge is 2.47. The van der Waals surface area contributed by atoms with Gasteiger partial charge in [-0.05, 0) is 151 Å². The van der Waals surface area contributed by atoms with Crippen molar-refractivity contribution in [2.45, 2.75) is 88.4 Å². The molecule has 0 spiro atoms. The molecule has 6 fully saturated rings. The summed E-state index contributed by atoms with van der Waals surface area (Å²) >= 11 is 0. The van der Waals surface area contributed by atoms with Gasteiger partial charge >= 0.3 is 0 Å². The maximum atomic E-state index is 14.6. The average molecular weight is 1290 g/mol. The van der Waals surface area contributed by atoms with E-state index in [0.29, 0.717) is 41.9 Å². The molecule has 490 valence electrons. The number of alkyl halides is 2. The fraction of sp³-hybridized carbons (Fsp3) is 0.352. The van der Waals surface area contributed by atoms with Crippen LogP contribution in [0.5, 0.6) is 11.5 Å². The molecule has 12 rings (SSSR count). The molecule has 22 nitrogen and oxygen atoms in total. The van der Waals surface area contributed by atoms with E-state index in [4.69, 9.17) is 31.2 Å². The van der Waals surface area contributed by atoms with Crippen LogP contribution in [0.25, 0.3) is 33.4 Å². The molecular formula is C71H71F2N11O11. The summed E-state index contributed by atoms with van der Waals surface area (Å²) in [5.74, 6) is -2.11. The lowest BCUT2D eigenvalue weighted by atomic mass is 10.0. The molecule has 0 radical (unpaired) electrons. The molecule has 3 saturated carbocycles. The molecule has 3 saturated heterocycles. The van der Waals surface area contributed by atoms with Crippen LogP contribution in [0.3, 0.4) is 0 Å². The summed E-state index contributed by atoms with van der Waals surface area (Å²) in [6.07, 6.45) is 1.84. The number of nitriles is 3. The number of benzene rings is 6. The number of amides is 7. The number of nitrogens with one attached hydrogen (secondary N) is 3. The van der Waals surface area contributed by atoms with Gasteiger partial charge in [-0.3, -0.25) is 33.6 Å². The lowest BCUT2D eigenvalue weighted by Crippen LogP contribution is -2.50. The molecule has 0 bridgehead atoms. The Morgan fingerprint density at radius 1 is 0.495 bits per heavy atom. The van der Waals surface area contributed by atoms with E-state index < -0.39 is 67.3 Å². The molecule has 6 aromatic carbocycles. The van der Waals surface area contributed by atoms with Crippen LogP contribution in [0.4, 0.5) is 31.5 Å². The summed E-state index contributed by atoms with van der Waals surface area (Å²) in [6.45, 7) is -0.396. The highest BCUT2D eigenvalue weighted by atomic mass is 19.1. The van der Waals surface area contributed by atoms with Crippen molar-refractivity contribution < 1.29 is 62.0 Å². The summed E-state index contributed by atoms with van der Waals surface area (Å²) in [6, 6.07) is 43.8. The van der Waals surface area contributed by atoms with Crippen LogP contribution in [0.15, 0.2) is 127 Å². The van der Waals surface area contributed by atoms with Gasteiger partial charge in [-0.1, -0.05) is 54.6 Å². The topological polar surface area (TPSA) is 348 Å². The third-order valence-corrected chi connectivity index (χ3v) is 17.5. The lowest BCUT2D eigenvalue weighted by Gasteiger charge is -2.34. The second kappa shape index (κ2) is 30.3. The van der Waals surface area contributed by atoms with Crippen LogP contribution < -0.4 is 41.8 Å². The van der Waals surface area contributed by atoms with Gasteiger partial charge in [0.2, 0.25) is 41.4 Å². The van der Waals surface area contributed by atoms with E-state index in [-0.39, 0.29) is 103 Å². The molecule has 3 aliphatic carbocycles. The summed E-state index contributed by atoms with van der Waals surface area (Å²) in [4.78, 5) is 86.9. The Bertz CT molecular complexity index is 4050. The number of halogens is 2. The SMILES string of the molecule is N#Cc1cc(-c2cccc(NC(=O)C3CC3)c2)ccc1N1CCC[C@@H]1C(N)=O.N#Cc1cc(-c2cccc(NC(=O)C3CC3)c2)ccc1O[C@H]1CCN(C(=O)CO)C[C@H]1F.N#Cc1cc(-c2cccc(NC(=O)[C@@H]3C[C@@H]3C(N)=O)c2)ccc1O[C@H]1CCN(C(=O)CO)C[C@H]1F. The van der Waals surface area contributed by atoms with E-state index in [0.717, 1.165) is 71.3 Å². The molecule has 7 amide bonds. The number of rotatable bonds is 18. The number of primary amides is 2. The predicted octanol–water partition coefficient (Wildman–Crippen LogP) is 7.51. The third-order valence-electron chi connectivity index (χ3n) is 17.5. The zero-order valence-corrected chi connectivity index (χ0v) is 51.8. The number of nitrogens with two attached hydrogens (primary N) is 2. The largest absolute Gasteiger partial charge is 0.486 e. The Labute approximate surface area is 547 Å². The van der Waals surface area contributed by atoms with E-state index in [1.807, 2.05) is 77.7 Å². The quantitative estimate of drug-likeness (QED) is 0.0438. The Morgan fingerprint density at radius 3 is 1.28 bits per heavy atom. The van der Waals surface area contributed by atoms with Gasteiger partial charge in [-0.15, -0.1) is 0 Å². The van der Waals surface area contributed by atoms with Crippen LogP contribution in [-0.4, -0.2) is 138 Å². The maximum Gasteiger partial charge on any atom is 0.248 e. The minimum atomic E-state index is -1.45. The molecular weight excluding hydrogens is 1220 g/mol. The van der Waals surface area contributed by atoms with Gasteiger partial charge in [0.1, 0.15) is 61.2 Å². The van der Waals surface area contributed by atoms with E-state index in [1.54, 1.807) is 54.6 Å². The number of piperidine rings is 2. The van der Waals surface area contributed by atoms with Crippen molar-refractivity contribution in [3.05, 3.63) is 144 Å². The van der Waals surface area contributed by atoms with Gasteiger partial charge in [0, 0.05) is 61.4 Å². The monoisotopic (exact) mass is 1290 g/mol. The number of aliphatic hydroxyl groups is 2. The molecule has 95 heavy (non-hydrogen) atoms. The molecule has 6 aromatic rings. The van der Waals surface area contributed by atoms with Gasteiger partial charge < -0.3 is 61.8 Å². The maximum absolute atomic E-state index is 14.6. The molecule has 6 aliphatic rings. The Hall–Kier alpha value is -10.7. The molecule has 24 heteroatoms. The first kappa shape index (κ1) is 67.2. The molecule has 0 aromatic heterocycles. The van der Waals surface area contributed by atoms with Crippen molar-refractivity contribution in [3.63, 3.8) is 0 Å². The van der Waals surface area contributed by atoms with Crippen molar-refractivity contribution in [2.24, 2.45) is 35.1 Å². The molecule has 0 unspecified atom stereocenters. The lowest BCUT2D eigenvalue weighted by molar-refractivity contribution is -0.138. The van der Waals surface area contributed by atoms with E-state index in [9.17, 15) is 58.1 Å². The number of ether oxygens (including phenoxy) is 2. The van der Waals surface area contributed by atoms with E-state index in [2.05, 4.69) is 34.2 Å².